The fourth-order valence-corrected chi connectivity index (χ4v) is 7.44. The van der Waals surface area contributed by atoms with E-state index in [1.807, 2.05) is 33.9 Å². The van der Waals surface area contributed by atoms with Gasteiger partial charge in [0.15, 0.2) is 5.78 Å². The molecule has 0 saturated heterocycles. The number of rotatable bonds is 9. The Morgan fingerprint density at radius 2 is 1.47 bits per heavy atom. The maximum Gasteiger partial charge on any atom is 0.162 e. The number of furan rings is 1. The normalized spacial score (nSPS) is 13.7. The van der Waals surface area contributed by atoms with Crippen LogP contribution in [0.2, 0.25) is 0 Å². The van der Waals surface area contributed by atoms with Crippen LogP contribution in [-0.4, -0.2) is 15.9 Å². The first-order valence-electron chi connectivity index (χ1n) is 18.1. The van der Waals surface area contributed by atoms with Gasteiger partial charge >= 0.3 is 0 Å². The number of aliphatic hydroxyl groups excluding tert-OH is 1. The number of allylic oxidation sites excluding steroid dienone is 2. The molecule has 2 aromatic heterocycles. The quantitative estimate of drug-likeness (QED) is 0.0912. The number of nitrogens with zero attached hydrogens (tertiary/aromatic N) is 1. The molecule has 1 aliphatic carbocycles. The number of hydrogen-bond acceptors (Lipinski definition) is 4. The largest absolute Gasteiger partial charge is 0.512 e. The predicted octanol–water partition coefficient (Wildman–Crippen LogP) is 12.7. The van der Waals surface area contributed by atoms with E-state index in [4.69, 9.17) is 9.40 Å². The summed E-state index contributed by atoms with van der Waals surface area (Å²) in [7, 11) is 0. The number of carbonyl (C=O) groups is 1. The number of carbonyl (C=O) groups excluding carboxylic acids is 1. The number of pyridine rings is 1. The number of aryl methyl sites for hydroxylation is 1. The number of ketones is 1. The number of aliphatic hydroxyl groups is 1. The van der Waals surface area contributed by atoms with Crippen molar-refractivity contribution in [3.63, 3.8) is 0 Å². The SMILES string of the molecule is CCC(CC)C(=O)/C=C(\O)C(CC)CC.Cc1ccc2[c-]c3c(cc2c1)C(C)(C)c1ccc(C(C)C)c2oc4c(C(C)C)cnc-3c4c12.[Ir]. The molecular weight excluding hydrogens is 783 g/mol. The van der Waals surface area contributed by atoms with E-state index >= 15 is 0 Å². The van der Waals surface area contributed by atoms with Crippen molar-refractivity contribution < 1.29 is 34.4 Å². The summed E-state index contributed by atoms with van der Waals surface area (Å²) in [6.07, 6.45) is 6.93. The Morgan fingerprint density at radius 3 is 2.06 bits per heavy atom. The molecule has 1 aliphatic rings. The maximum atomic E-state index is 11.7. The van der Waals surface area contributed by atoms with Crippen LogP contribution in [0.1, 0.15) is 135 Å². The molecule has 5 aromatic rings. The average Bonchev–Trinajstić information content (AvgIpc) is 3.41. The van der Waals surface area contributed by atoms with E-state index in [1.54, 1.807) is 0 Å². The van der Waals surface area contributed by atoms with Crippen molar-refractivity contribution in [3.05, 3.63) is 88.3 Å². The van der Waals surface area contributed by atoms with Gasteiger partial charge in [-0.05, 0) is 61.0 Å². The molecule has 1 N–H and O–H groups in total. The number of benzene rings is 3. The van der Waals surface area contributed by atoms with Crippen molar-refractivity contribution in [3.8, 4) is 11.3 Å². The fourth-order valence-electron chi connectivity index (χ4n) is 7.44. The van der Waals surface area contributed by atoms with Gasteiger partial charge in [-0.1, -0.05) is 116 Å². The van der Waals surface area contributed by atoms with E-state index in [2.05, 4.69) is 90.9 Å². The molecule has 3 aromatic carbocycles. The average molecular weight is 837 g/mol. The van der Waals surface area contributed by atoms with E-state index in [0.717, 1.165) is 58.9 Å². The van der Waals surface area contributed by atoms with Gasteiger partial charge in [0.1, 0.15) is 11.2 Å². The molecule has 0 atom stereocenters. The van der Waals surface area contributed by atoms with E-state index in [9.17, 15) is 9.90 Å². The smallest absolute Gasteiger partial charge is 0.162 e. The molecule has 0 fully saturated rings. The number of aromatic nitrogens is 1. The second kappa shape index (κ2) is 15.3. The van der Waals surface area contributed by atoms with E-state index in [-0.39, 0.29) is 48.9 Å². The minimum Gasteiger partial charge on any atom is -0.512 e. The van der Waals surface area contributed by atoms with Gasteiger partial charge in [-0.2, -0.15) is 0 Å². The molecule has 0 unspecified atom stereocenters. The molecule has 49 heavy (non-hydrogen) atoms. The molecule has 0 spiro atoms. The van der Waals surface area contributed by atoms with Crippen LogP contribution in [0.5, 0.6) is 0 Å². The molecule has 2 heterocycles. The Balaban J connectivity index is 0.000000290. The standard InChI is InChI=1S/C31H30NO.C13H24O2.Ir/c1-16(2)21-10-11-24-26-27-28(32-15-23(17(3)4)30(27)33-29(21)26)22-13-19-9-8-18(5)12-20(19)14-25(22)31(24,6)7;1-5-10(6-2)12(14)9-13(15)11(7-3)8-4;/h8-12,14-17H,1-7H3;9-11,14H,5-8H2,1-4H3;/q-1;;/b;12-9-;. The number of hydrogen-bond donors (Lipinski definition) is 1. The van der Waals surface area contributed by atoms with Crippen LogP contribution in [0, 0.1) is 24.8 Å². The van der Waals surface area contributed by atoms with Crippen LogP contribution in [0.4, 0.5) is 0 Å². The topological polar surface area (TPSA) is 63.3 Å². The molecule has 6 rings (SSSR count). The summed E-state index contributed by atoms with van der Waals surface area (Å²) in [4.78, 5) is 16.8. The maximum absolute atomic E-state index is 11.7. The summed E-state index contributed by atoms with van der Waals surface area (Å²) in [6, 6.07) is 17.3. The van der Waals surface area contributed by atoms with Crippen LogP contribution < -0.4 is 0 Å². The van der Waals surface area contributed by atoms with Gasteiger partial charge in [-0.15, -0.1) is 23.6 Å². The van der Waals surface area contributed by atoms with Crippen molar-refractivity contribution in [2.75, 3.05) is 0 Å². The zero-order chi connectivity index (χ0) is 35.1. The summed E-state index contributed by atoms with van der Waals surface area (Å²) in [5.41, 5.74) is 10.2. The van der Waals surface area contributed by atoms with Crippen LogP contribution in [0.25, 0.3) is 44.0 Å². The summed E-state index contributed by atoms with van der Waals surface area (Å²) < 4.78 is 6.75. The number of fused-ring (bicyclic) bond motifs is 3. The Hall–Kier alpha value is -3.27. The summed E-state index contributed by atoms with van der Waals surface area (Å²) in [6.45, 7) is 23.8. The Bertz CT molecular complexity index is 2000. The second-order valence-corrected chi connectivity index (χ2v) is 14.9. The molecule has 0 saturated carbocycles. The zero-order valence-corrected chi connectivity index (χ0v) is 33.7. The first-order chi connectivity index (χ1) is 22.8. The van der Waals surface area contributed by atoms with Gasteiger partial charge < -0.3 is 9.52 Å². The molecule has 5 heteroatoms. The van der Waals surface area contributed by atoms with Crippen molar-refractivity contribution >= 4 is 38.5 Å². The summed E-state index contributed by atoms with van der Waals surface area (Å²) in [5.74, 6) is 1.26. The van der Waals surface area contributed by atoms with E-state index < -0.39 is 0 Å². The van der Waals surface area contributed by atoms with Crippen molar-refractivity contribution in [2.45, 2.75) is 119 Å². The Kier molecular flexibility index (Phi) is 12.0. The third-order valence-electron chi connectivity index (χ3n) is 10.6. The van der Waals surface area contributed by atoms with E-state index in [1.165, 1.54) is 44.7 Å². The second-order valence-electron chi connectivity index (χ2n) is 14.9. The van der Waals surface area contributed by atoms with E-state index in [0.29, 0.717) is 11.8 Å². The Labute approximate surface area is 307 Å². The molecule has 263 valence electrons. The predicted molar refractivity (Wildman–Crippen MR) is 202 cm³/mol. The Morgan fingerprint density at radius 1 is 0.857 bits per heavy atom. The van der Waals surface area contributed by atoms with Gasteiger partial charge in [0.25, 0.3) is 0 Å². The molecule has 4 nitrogen and oxygen atoms in total. The molecule has 1 radical (unpaired) electrons. The van der Waals surface area contributed by atoms with Crippen LogP contribution in [-0.2, 0) is 30.3 Å². The van der Waals surface area contributed by atoms with Crippen molar-refractivity contribution in [1.29, 1.82) is 0 Å². The minimum atomic E-state index is -0.215. The molecule has 0 aliphatic heterocycles. The van der Waals surface area contributed by atoms with Gasteiger partial charge in [0.2, 0.25) is 0 Å². The van der Waals surface area contributed by atoms with Gasteiger partial charge in [0, 0.05) is 66.2 Å². The third kappa shape index (κ3) is 7.04. The minimum absolute atomic E-state index is 0. The molecular formula is C44H54IrNO3-. The molecule has 0 bridgehead atoms. The first kappa shape index (κ1) is 38.5. The molecule has 0 amide bonds. The van der Waals surface area contributed by atoms with Crippen LogP contribution >= 0.6 is 0 Å². The zero-order valence-electron chi connectivity index (χ0n) is 31.3. The monoisotopic (exact) mass is 837 g/mol. The van der Waals surface area contributed by atoms with Gasteiger partial charge in [-0.25, -0.2) is 0 Å². The first-order valence-corrected chi connectivity index (χ1v) is 18.1. The van der Waals surface area contributed by atoms with Crippen LogP contribution in [0.3, 0.4) is 0 Å². The van der Waals surface area contributed by atoms with Gasteiger partial charge in [0.05, 0.1) is 5.76 Å². The van der Waals surface area contributed by atoms with Crippen molar-refractivity contribution in [2.24, 2.45) is 11.8 Å². The van der Waals surface area contributed by atoms with Crippen LogP contribution in [0.15, 0.2) is 58.8 Å². The van der Waals surface area contributed by atoms with Gasteiger partial charge in [-0.3, -0.25) is 9.78 Å². The summed E-state index contributed by atoms with van der Waals surface area (Å²) >= 11 is 0. The summed E-state index contributed by atoms with van der Waals surface area (Å²) in [5, 5.41) is 14.5. The fraction of sp³-hybridized carbons (Fsp3) is 0.455. The van der Waals surface area contributed by atoms with Crippen molar-refractivity contribution in [1.82, 2.24) is 4.98 Å². The third-order valence-corrected chi connectivity index (χ3v) is 10.6.